The molecular weight excluding hydrogens is 452 g/mol. The van der Waals surface area contributed by atoms with E-state index in [-0.39, 0.29) is 44.9 Å². The maximum atomic E-state index is 12.6. The number of carbonyl (C=O) groups excluding carboxylic acids is 2. The topological polar surface area (TPSA) is 127 Å². The van der Waals surface area contributed by atoms with Gasteiger partial charge in [-0.25, -0.2) is 19.2 Å². The van der Waals surface area contributed by atoms with Gasteiger partial charge in [-0.15, -0.1) is 0 Å². The summed E-state index contributed by atoms with van der Waals surface area (Å²) in [6.07, 6.45) is 0. The van der Waals surface area contributed by atoms with Crippen molar-refractivity contribution in [3.8, 4) is 22.3 Å². The molecule has 35 heavy (non-hydrogen) atoms. The van der Waals surface area contributed by atoms with Crippen LogP contribution in [0.25, 0.3) is 22.3 Å². The van der Waals surface area contributed by atoms with Gasteiger partial charge in [0.1, 0.15) is 0 Å². The zero-order valence-electron chi connectivity index (χ0n) is 19.6. The summed E-state index contributed by atoms with van der Waals surface area (Å²) >= 11 is 0. The fourth-order valence-corrected chi connectivity index (χ4v) is 4.09. The number of hydrogen-bond donors (Lipinski definition) is 2. The first kappa shape index (κ1) is 25.2. The normalized spacial score (nSPS) is 10.7. The number of aromatic carboxylic acids is 2. The molecule has 2 N–H and O–H groups in total. The monoisotopic (exact) mass is 476 g/mol. The number of carbonyl (C=O) groups is 4. The molecule has 0 unspecified atom stereocenters. The van der Waals surface area contributed by atoms with E-state index in [0.29, 0.717) is 5.56 Å². The second-order valence-electron chi connectivity index (χ2n) is 7.98. The molecule has 0 fully saturated rings. The minimum Gasteiger partial charge on any atom is -0.478 e. The van der Waals surface area contributed by atoms with Crippen molar-refractivity contribution in [1.29, 1.82) is 0 Å². The van der Waals surface area contributed by atoms with E-state index in [1.165, 1.54) is 32.4 Å². The largest absolute Gasteiger partial charge is 0.478 e. The zero-order valence-corrected chi connectivity index (χ0v) is 19.6. The summed E-state index contributed by atoms with van der Waals surface area (Å²) in [7, 11) is 2.41. The fraction of sp³-hybridized carbons (Fsp3) is 0.185. The summed E-state index contributed by atoms with van der Waals surface area (Å²) < 4.78 is 9.80. The number of esters is 2. The van der Waals surface area contributed by atoms with Crippen molar-refractivity contribution in [3.05, 3.63) is 82.4 Å². The van der Waals surface area contributed by atoms with Gasteiger partial charge in [-0.2, -0.15) is 0 Å². The van der Waals surface area contributed by atoms with Crippen LogP contribution in [0, 0.1) is 0 Å². The van der Waals surface area contributed by atoms with Crippen LogP contribution in [0.3, 0.4) is 0 Å². The first-order chi connectivity index (χ1) is 16.6. The molecule has 0 saturated carbocycles. The second-order valence-corrected chi connectivity index (χ2v) is 7.98. The number of hydrogen-bond acceptors (Lipinski definition) is 6. The van der Waals surface area contributed by atoms with Crippen LogP contribution in [0.15, 0.2) is 54.6 Å². The highest BCUT2D eigenvalue weighted by molar-refractivity contribution is 6.14. The van der Waals surface area contributed by atoms with Crippen LogP contribution in [0.5, 0.6) is 0 Å². The Labute approximate surface area is 201 Å². The van der Waals surface area contributed by atoms with Crippen LogP contribution < -0.4 is 0 Å². The van der Waals surface area contributed by atoms with E-state index in [2.05, 4.69) is 0 Å². The van der Waals surface area contributed by atoms with Crippen molar-refractivity contribution in [2.45, 2.75) is 19.8 Å². The van der Waals surface area contributed by atoms with Gasteiger partial charge < -0.3 is 19.7 Å². The molecule has 3 aromatic carbocycles. The maximum Gasteiger partial charge on any atom is 0.338 e. The molecule has 0 bridgehead atoms. The predicted octanol–water partition coefficient (Wildman–Crippen LogP) is 5.11. The Hall–Kier alpha value is -4.46. The van der Waals surface area contributed by atoms with Crippen molar-refractivity contribution in [2.75, 3.05) is 14.2 Å². The number of methoxy groups -OCH3 is 2. The molecule has 0 radical (unpaired) electrons. The third kappa shape index (κ3) is 4.63. The van der Waals surface area contributed by atoms with E-state index in [9.17, 15) is 29.4 Å². The first-order valence-electron chi connectivity index (χ1n) is 10.7. The number of rotatable bonds is 7. The minimum absolute atomic E-state index is 0.0170. The van der Waals surface area contributed by atoms with Crippen molar-refractivity contribution in [3.63, 3.8) is 0 Å². The number of ether oxygens (including phenoxy) is 2. The quantitative estimate of drug-likeness (QED) is 0.450. The van der Waals surface area contributed by atoms with Gasteiger partial charge in [0.05, 0.1) is 36.5 Å². The maximum absolute atomic E-state index is 12.6. The Balaban J connectivity index is 2.65. The molecule has 0 aliphatic carbocycles. The average molecular weight is 476 g/mol. The van der Waals surface area contributed by atoms with Gasteiger partial charge in [-0.05, 0) is 46.4 Å². The van der Waals surface area contributed by atoms with Crippen molar-refractivity contribution in [2.24, 2.45) is 0 Å². The summed E-state index contributed by atoms with van der Waals surface area (Å²) in [5, 5.41) is 20.3. The molecule has 180 valence electrons. The molecule has 0 aliphatic rings. The zero-order chi connectivity index (χ0) is 25.9. The lowest BCUT2D eigenvalue weighted by molar-refractivity contribution is 0.0592. The molecule has 0 amide bonds. The highest BCUT2D eigenvalue weighted by Gasteiger charge is 2.32. The third-order valence-electron chi connectivity index (χ3n) is 5.63. The Morgan fingerprint density at radius 2 is 1.14 bits per heavy atom. The van der Waals surface area contributed by atoms with E-state index in [1.54, 1.807) is 50.2 Å². The summed E-state index contributed by atoms with van der Waals surface area (Å²) in [5.41, 5.74) is 0.327. The van der Waals surface area contributed by atoms with Gasteiger partial charge in [0.25, 0.3) is 0 Å². The smallest absolute Gasteiger partial charge is 0.338 e. The minimum atomic E-state index is -1.49. The van der Waals surface area contributed by atoms with Crippen LogP contribution in [0.2, 0.25) is 0 Å². The van der Waals surface area contributed by atoms with Gasteiger partial charge in [-0.1, -0.05) is 50.2 Å². The average Bonchev–Trinajstić information content (AvgIpc) is 2.86. The highest BCUT2D eigenvalue weighted by atomic mass is 16.5. The predicted molar refractivity (Wildman–Crippen MR) is 128 cm³/mol. The molecule has 3 aromatic rings. The Kier molecular flexibility index (Phi) is 7.34. The molecular formula is C27H24O8. The molecule has 0 heterocycles. The Morgan fingerprint density at radius 1 is 0.686 bits per heavy atom. The standard InChI is InChI=1S/C27H24O8/c1-14(2)19-13-20(15-9-5-7-11-17(15)26(32)34-3)21(23(25(30)31)22(19)24(28)29)16-10-6-8-12-18(16)27(33)35-4/h5-14H,1-4H3,(H,28,29)(H,30,31). The lowest BCUT2D eigenvalue weighted by Gasteiger charge is -2.22. The molecule has 0 aliphatic heterocycles. The Morgan fingerprint density at radius 3 is 1.60 bits per heavy atom. The SMILES string of the molecule is COC(=O)c1ccccc1-c1cc(C(C)C)c(C(=O)O)c(C(=O)O)c1-c1ccccc1C(=O)OC. The summed E-state index contributed by atoms with van der Waals surface area (Å²) in [6.45, 7) is 3.48. The third-order valence-corrected chi connectivity index (χ3v) is 5.63. The van der Waals surface area contributed by atoms with Gasteiger partial charge in [0.15, 0.2) is 0 Å². The molecule has 3 rings (SSSR count). The highest BCUT2D eigenvalue weighted by Crippen LogP contribution is 2.43. The van der Waals surface area contributed by atoms with Crippen molar-refractivity contribution in [1.82, 2.24) is 0 Å². The summed E-state index contributed by atoms with van der Waals surface area (Å²) in [5.74, 6) is -4.66. The molecule has 0 spiro atoms. The van der Waals surface area contributed by atoms with Crippen molar-refractivity contribution >= 4 is 23.9 Å². The van der Waals surface area contributed by atoms with Gasteiger partial charge in [0, 0.05) is 5.56 Å². The Bertz CT molecular complexity index is 1340. The lowest BCUT2D eigenvalue weighted by Crippen LogP contribution is -2.17. The van der Waals surface area contributed by atoms with Gasteiger partial charge in [-0.3, -0.25) is 0 Å². The van der Waals surface area contributed by atoms with E-state index in [4.69, 9.17) is 9.47 Å². The van der Waals surface area contributed by atoms with Crippen LogP contribution >= 0.6 is 0 Å². The van der Waals surface area contributed by atoms with Crippen molar-refractivity contribution < 1.29 is 38.9 Å². The molecule has 0 atom stereocenters. The van der Waals surface area contributed by atoms with Crippen LogP contribution in [0.4, 0.5) is 0 Å². The molecule has 8 heteroatoms. The molecule has 0 aromatic heterocycles. The fourth-order valence-electron chi connectivity index (χ4n) is 4.09. The lowest BCUT2D eigenvalue weighted by atomic mass is 9.80. The van der Waals surface area contributed by atoms with E-state index in [0.717, 1.165) is 0 Å². The van der Waals surface area contributed by atoms with E-state index >= 15 is 0 Å². The number of benzene rings is 3. The number of carboxylic acids is 2. The summed E-state index contributed by atoms with van der Waals surface area (Å²) in [6, 6.07) is 14.1. The van der Waals surface area contributed by atoms with Crippen LogP contribution in [-0.2, 0) is 9.47 Å². The first-order valence-corrected chi connectivity index (χ1v) is 10.7. The number of carboxylic acid groups (broad SMARTS) is 2. The van der Waals surface area contributed by atoms with E-state index in [1.807, 2.05) is 0 Å². The van der Waals surface area contributed by atoms with Gasteiger partial charge >= 0.3 is 23.9 Å². The molecule has 0 saturated heterocycles. The second kappa shape index (κ2) is 10.2. The summed E-state index contributed by atoms with van der Waals surface area (Å²) in [4.78, 5) is 50.2. The van der Waals surface area contributed by atoms with Gasteiger partial charge in [0.2, 0.25) is 0 Å². The van der Waals surface area contributed by atoms with E-state index < -0.39 is 29.4 Å². The van der Waals surface area contributed by atoms with Crippen LogP contribution in [-0.4, -0.2) is 48.3 Å². The molecule has 8 nitrogen and oxygen atoms in total. The van der Waals surface area contributed by atoms with Crippen LogP contribution in [0.1, 0.15) is 66.8 Å².